The fraction of sp³-hybridized carbons (Fsp3) is 0.176. The van der Waals surface area contributed by atoms with Crippen LogP contribution in [0.4, 0.5) is 26.3 Å². The SMILES string of the molecule is CCCCCc1cnc(-c2ccc(C(F)(F)Oc3ccc(-c4ccc(-c5ccc(F)cc5)c(F)c4)c(F)c3)c(F)c2)nc1. The molecule has 3 nitrogen and oxygen atoms in total. The Bertz CT molecular complexity index is 1720. The highest BCUT2D eigenvalue weighted by Crippen LogP contribution is 2.37. The third-order valence-electron chi connectivity index (χ3n) is 6.94. The van der Waals surface area contributed by atoms with Crippen molar-refractivity contribution in [1.82, 2.24) is 9.97 Å². The molecule has 0 atom stereocenters. The Hall–Kier alpha value is -4.66. The highest BCUT2D eigenvalue weighted by Gasteiger charge is 2.38. The zero-order chi connectivity index (χ0) is 30.6. The molecule has 0 saturated heterocycles. The highest BCUT2D eigenvalue weighted by molar-refractivity contribution is 5.71. The van der Waals surface area contributed by atoms with E-state index in [-0.39, 0.29) is 28.1 Å². The Labute approximate surface area is 244 Å². The van der Waals surface area contributed by atoms with E-state index in [0.717, 1.165) is 67.6 Å². The van der Waals surface area contributed by atoms with Crippen LogP contribution in [0.5, 0.6) is 5.75 Å². The van der Waals surface area contributed by atoms with Gasteiger partial charge in [0, 0.05) is 35.2 Å². The topological polar surface area (TPSA) is 35.0 Å². The van der Waals surface area contributed by atoms with Gasteiger partial charge in [0.25, 0.3) is 0 Å². The number of benzene rings is 4. The average molecular weight is 593 g/mol. The molecule has 0 radical (unpaired) electrons. The number of ether oxygens (including phenoxy) is 1. The van der Waals surface area contributed by atoms with Crippen molar-refractivity contribution in [2.24, 2.45) is 0 Å². The van der Waals surface area contributed by atoms with Crippen LogP contribution in [-0.4, -0.2) is 9.97 Å². The molecule has 0 aliphatic carbocycles. The molecule has 1 heterocycles. The molecule has 0 saturated carbocycles. The Balaban J connectivity index is 1.31. The third kappa shape index (κ3) is 6.88. The van der Waals surface area contributed by atoms with Crippen LogP contribution in [0.25, 0.3) is 33.6 Å². The van der Waals surface area contributed by atoms with E-state index in [4.69, 9.17) is 4.74 Å². The Morgan fingerprint density at radius 1 is 0.651 bits per heavy atom. The van der Waals surface area contributed by atoms with E-state index in [1.165, 1.54) is 42.5 Å². The van der Waals surface area contributed by atoms with Crippen molar-refractivity contribution in [3.63, 3.8) is 0 Å². The third-order valence-corrected chi connectivity index (χ3v) is 6.94. The van der Waals surface area contributed by atoms with Crippen LogP contribution in [0, 0.1) is 23.3 Å². The molecule has 0 fully saturated rings. The average Bonchev–Trinajstić information content (AvgIpc) is 2.98. The van der Waals surface area contributed by atoms with Crippen molar-refractivity contribution >= 4 is 0 Å². The quantitative estimate of drug-likeness (QED) is 0.120. The number of aryl methyl sites for hydroxylation is 1. The maximum Gasteiger partial charge on any atom is 0.429 e. The number of hydrogen-bond acceptors (Lipinski definition) is 3. The molecule has 0 aliphatic rings. The smallest absolute Gasteiger partial charge is 0.429 e. The van der Waals surface area contributed by atoms with Crippen LogP contribution in [0.3, 0.4) is 0 Å². The fourth-order valence-corrected chi connectivity index (χ4v) is 4.64. The first-order valence-electron chi connectivity index (χ1n) is 13.7. The van der Waals surface area contributed by atoms with Crippen molar-refractivity contribution in [1.29, 1.82) is 0 Å². The molecule has 0 spiro atoms. The van der Waals surface area contributed by atoms with Crippen molar-refractivity contribution < 1.29 is 31.1 Å². The standard InChI is InChI=1S/C34H26F6N2O/c1-2-3-4-5-21-19-41-33(42-20-21)24-9-15-29(32(38)17-24)34(39,40)43-26-12-14-28(31(37)18-26)23-8-13-27(30(36)16-23)22-6-10-25(35)11-7-22/h6-20H,2-5H2,1H3. The lowest BCUT2D eigenvalue weighted by Crippen LogP contribution is -2.23. The van der Waals surface area contributed by atoms with Gasteiger partial charge in [-0.25, -0.2) is 27.5 Å². The van der Waals surface area contributed by atoms with Gasteiger partial charge in [0.05, 0.1) is 5.56 Å². The van der Waals surface area contributed by atoms with E-state index >= 15 is 0 Å². The summed E-state index contributed by atoms with van der Waals surface area (Å²) >= 11 is 0. The summed E-state index contributed by atoms with van der Waals surface area (Å²) in [5.41, 5.74) is 0.799. The monoisotopic (exact) mass is 592 g/mol. The molecule has 0 bridgehead atoms. The van der Waals surface area contributed by atoms with Gasteiger partial charge in [0.2, 0.25) is 0 Å². The lowest BCUT2D eigenvalue weighted by molar-refractivity contribution is -0.187. The van der Waals surface area contributed by atoms with Gasteiger partial charge in [0.1, 0.15) is 29.0 Å². The maximum atomic E-state index is 15.0. The number of rotatable bonds is 10. The predicted octanol–water partition coefficient (Wildman–Crippen LogP) is 9.89. The molecular weight excluding hydrogens is 566 g/mol. The molecule has 0 aliphatic heterocycles. The van der Waals surface area contributed by atoms with Gasteiger partial charge >= 0.3 is 6.11 Å². The van der Waals surface area contributed by atoms with Gasteiger partial charge < -0.3 is 4.74 Å². The van der Waals surface area contributed by atoms with Gasteiger partial charge in [-0.3, -0.25) is 0 Å². The number of alkyl halides is 2. The van der Waals surface area contributed by atoms with Crippen molar-refractivity contribution in [2.45, 2.75) is 38.7 Å². The summed E-state index contributed by atoms with van der Waals surface area (Å²) in [7, 11) is 0. The molecular formula is C34H26F6N2O. The van der Waals surface area contributed by atoms with Gasteiger partial charge in [-0.1, -0.05) is 50.1 Å². The van der Waals surface area contributed by atoms with Crippen LogP contribution < -0.4 is 4.74 Å². The molecule has 0 N–H and O–H groups in total. The molecule has 5 rings (SSSR count). The second-order valence-electron chi connectivity index (χ2n) is 10.0. The zero-order valence-corrected chi connectivity index (χ0v) is 23.1. The van der Waals surface area contributed by atoms with Crippen LogP contribution in [0.2, 0.25) is 0 Å². The molecule has 43 heavy (non-hydrogen) atoms. The summed E-state index contributed by atoms with van der Waals surface area (Å²) in [6.07, 6.45) is 3.10. The minimum atomic E-state index is -4.14. The molecule has 0 unspecified atom stereocenters. The zero-order valence-electron chi connectivity index (χ0n) is 23.1. The molecule has 220 valence electrons. The molecule has 4 aromatic carbocycles. The highest BCUT2D eigenvalue weighted by atomic mass is 19.3. The lowest BCUT2D eigenvalue weighted by atomic mass is 9.99. The van der Waals surface area contributed by atoms with Crippen molar-refractivity contribution in [2.75, 3.05) is 0 Å². The minimum Gasteiger partial charge on any atom is -0.429 e. The first kappa shape index (κ1) is 29.8. The van der Waals surface area contributed by atoms with Crippen LogP contribution in [-0.2, 0) is 12.5 Å². The molecule has 1 aromatic heterocycles. The van der Waals surface area contributed by atoms with Crippen molar-refractivity contribution in [3.8, 4) is 39.4 Å². The number of hydrogen-bond donors (Lipinski definition) is 0. The van der Waals surface area contributed by atoms with Crippen LogP contribution in [0.15, 0.2) is 91.3 Å². The summed E-state index contributed by atoms with van der Waals surface area (Å²) in [4.78, 5) is 8.45. The second-order valence-corrected chi connectivity index (χ2v) is 10.0. The Morgan fingerprint density at radius 3 is 1.91 bits per heavy atom. The summed E-state index contributed by atoms with van der Waals surface area (Å²) < 4.78 is 92.5. The first-order valence-corrected chi connectivity index (χ1v) is 13.7. The Morgan fingerprint density at radius 2 is 1.26 bits per heavy atom. The molecule has 0 amide bonds. The summed E-state index contributed by atoms with van der Waals surface area (Å²) in [5, 5.41) is 0. The number of halogens is 6. The van der Waals surface area contributed by atoms with Gasteiger partial charge in [0.15, 0.2) is 5.82 Å². The largest absolute Gasteiger partial charge is 0.429 e. The summed E-state index contributed by atoms with van der Waals surface area (Å²) in [6, 6.07) is 15.2. The number of unbranched alkanes of at least 4 members (excludes halogenated alkanes) is 2. The lowest BCUT2D eigenvalue weighted by Gasteiger charge is -2.19. The minimum absolute atomic E-state index is 0.0628. The Kier molecular flexibility index (Phi) is 8.80. The van der Waals surface area contributed by atoms with E-state index in [0.29, 0.717) is 5.56 Å². The summed E-state index contributed by atoms with van der Waals surface area (Å²) in [5.74, 6) is -3.71. The fourth-order valence-electron chi connectivity index (χ4n) is 4.64. The van der Waals surface area contributed by atoms with Crippen molar-refractivity contribution in [3.05, 3.63) is 126 Å². The first-order chi connectivity index (χ1) is 20.6. The molecule has 5 aromatic rings. The van der Waals surface area contributed by atoms with E-state index < -0.39 is 40.7 Å². The number of aromatic nitrogens is 2. The second kappa shape index (κ2) is 12.7. The number of nitrogens with zero attached hydrogens (tertiary/aromatic N) is 2. The van der Waals surface area contributed by atoms with Crippen LogP contribution >= 0.6 is 0 Å². The van der Waals surface area contributed by atoms with Crippen LogP contribution in [0.1, 0.15) is 37.3 Å². The predicted molar refractivity (Wildman–Crippen MR) is 152 cm³/mol. The van der Waals surface area contributed by atoms with E-state index in [1.807, 2.05) is 0 Å². The van der Waals surface area contributed by atoms with E-state index in [2.05, 4.69) is 16.9 Å². The van der Waals surface area contributed by atoms with Gasteiger partial charge in [-0.2, -0.15) is 8.78 Å². The summed E-state index contributed by atoms with van der Waals surface area (Å²) in [6.45, 7) is 2.10. The molecule has 9 heteroatoms. The van der Waals surface area contributed by atoms with Gasteiger partial charge in [-0.05, 0) is 72.0 Å². The van der Waals surface area contributed by atoms with E-state index in [1.54, 1.807) is 12.4 Å². The maximum absolute atomic E-state index is 15.0. The normalized spacial score (nSPS) is 11.5. The van der Waals surface area contributed by atoms with E-state index in [9.17, 15) is 26.3 Å². The van der Waals surface area contributed by atoms with Gasteiger partial charge in [-0.15, -0.1) is 0 Å².